The Bertz CT molecular complexity index is 413. The van der Waals surface area contributed by atoms with Crippen LogP contribution < -0.4 is 10.5 Å². The number of ether oxygens (including phenoxy) is 1. The fourth-order valence-corrected chi connectivity index (χ4v) is 3.14. The number of methoxy groups -OCH3 is 1. The van der Waals surface area contributed by atoms with Crippen LogP contribution in [-0.2, 0) is 6.42 Å². The van der Waals surface area contributed by atoms with Gasteiger partial charge < -0.3 is 10.5 Å². The molecule has 1 aromatic carbocycles. The maximum Gasteiger partial charge on any atom is 0.122 e. The van der Waals surface area contributed by atoms with E-state index in [9.17, 15) is 0 Å². The van der Waals surface area contributed by atoms with Gasteiger partial charge in [0.1, 0.15) is 5.75 Å². The fourth-order valence-electron chi connectivity index (χ4n) is 2.94. The molecule has 2 rings (SSSR count). The largest absolute Gasteiger partial charge is 0.496 e. The molecule has 0 radical (unpaired) electrons. The average Bonchev–Trinajstić information content (AvgIpc) is 2.78. The highest BCUT2D eigenvalue weighted by molar-refractivity contribution is 6.30. The molecule has 3 heteroatoms. The molecule has 1 saturated carbocycles. The van der Waals surface area contributed by atoms with Gasteiger partial charge >= 0.3 is 0 Å². The first-order chi connectivity index (χ1) is 8.55. The summed E-state index contributed by atoms with van der Waals surface area (Å²) in [5.74, 6) is 0.886. The zero-order chi connectivity index (χ0) is 13.2. The Morgan fingerprint density at radius 2 is 2.06 bits per heavy atom. The van der Waals surface area contributed by atoms with Crippen molar-refractivity contribution >= 4 is 11.6 Å². The van der Waals surface area contributed by atoms with Gasteiger partial charge in [0.05, 0.1) is 7.11 Å². The summed E-state index contributed by atoms with van der Waals surface area (Å²) in [5.41, 5.74) is 7.81. The fraction of sp³-hybridized carbons (Fsp3) is 0.600. The molecule has 0 aromatic heterocycles. The van der Waals surface area contributed by atoms with E-state index in [1.54, 1.807) is 7.11 Å². The minimum Gasteiger partial charge on any atom is -0.496 e. The van der Waals surface area contributed by atoms with E-state index in [2.05, 4.69) is 6.92 Å². The Morgan fingerprint density at radius 3 is 2.67 bits per heavy atom. The molecule has 0 spiro atoms. The standard InChI is InChI=1S/C15H22ClNO/c1-15(7-3-4-8-15)14(17)10-11-9-12(16)5-6-13(11)18-2/h5-6,9,14H,3-4,7-8,10,17H2,1-2H3. The second-order valence-corrected chi connectivity index (χ2v) is 6.06. The summed E-state index contributed by atoms with van der Waals surface area (Å²) in [6, 6.07) is 5.92. The smallest absolute Gasteiger partial charge is 0.122 e. The van der Waals surface area contributed by atoms with E-state index >= 15 is 0 Å². The highest BCUT2D eigenvalue weighted by Gasteiger charge is 2.35. The number of benzene rings is 1. The molecule has 1 fully saturated rings. The van der Waals surface area contributed by atoms with Crippen molar-refractivity contribution in [3.8, 4) is 5.75 Å². The first kappa shape index (κ1) is 13.7. The van der Waals surface area contributed by atoms with Crippen molar-refractivity contribution in [2.24, 2.45) is 11.1 Å². The monoisotopic (exact) mass is 267 g/mol. The van der Waals surface area contributed by atoms with Crippen LogP contribution in [0.4, 0.5) is 0 Å². The summed E-state index contributed by atoms with van der Waals surface area (Å²) in [7, 11) is 1.69. The Hall–Kier alpha value is -0.730. The molecular formula is C15H22ClNO. The van der Waals surface area contributed by atoms with E-state index in [0.29, 0.717) is 0 Å². The van der Waals surface area contributed by atoms with Crippen LogP contribution in [0.3, 0.4) is 0 Å². The molecular weight excluding hydrogens is 246 g/mol. The summed E-state index contributed by atoms with van der Waals surface area (Å²) < 4.78 is 5.38. The highest BCUT2D eigenvalue weighted by atomic mass is 35.5. The van der Waals surface area contributed by atoms with Gasteiger partial charge in [-0.2, -0.15) is 0 Å². The normalized spacial score (nSPS) is 19.8. The Balaban J connectivity index is 2.15. The van der Waals surface area contributed by atoms with Gasteiger partial charge in [-0.05, 0) is 48.4 Å². The third-order valence-electron chi connectivity index (χ3n) is 4.32. The van der Waals surface area contributed by atoms with E-state index in [1.807, 2.05) is 18.2 Å². The van der Waals surface area contributed by atoms with Gasteiger partial charge in [-0.3, -0.25) is 0 Å². The van der Waals surface area contributed by atoms with Crippen LogP contribution in [0.25, 0.3) is 0 Å². The molecule has 0 amide bonds. The lowest BCUT2D eigenvalue weighted by Crippen LogP contribution is -2.39. The average molecular weight is 268 g/mol. The Labute approximate surface area is 114 Å². The van der Waals surface area contributed by atoms with Gasteiger partial charge in [-0.25, -0.2) is 0 Å². The van der Waals surface area contributed by atoms with Crippen LogP contribution in [0.1, 0.15) is 38.2 Å². The molecule has 0 bridgehead atoms. The quantitative estimate of drug-likeness (QED) is 0.901. The zero-order valence-corrected chi connectivity index (χ0v) is 12.0. The molecule has 1 aliphatic rings. The molecule has 1 aromatic rings. The lowest BCUT2D eigenvalue weighted by atomic mass is 9.78. The van der Waals surface area contributed by atoms with Gasteiger partial charge in [0.25, 0.3) is 0 Å². The SMILES string of the molecule is COc1ccc(Cl)cc1CC(N)C1(C)CCCC1. The summed E-state index contributed by atoms with van der Waals surface area (Å²) in [5, 5.41) is 0.745. The van der Waals surface area contributed by atoms with Crippen molar-refractivity contribution in [1.29, 1.82) is 0 Å². The number of nitrogens with two attached hydrogens (primary N) is 1. The van der Waals surface area contributed by atoms with Crippen LogP contribution >= 0.6 is 11.6 Å². The lowest BCUT2D eigenvalue weighted by molar-refractivity contribution is 0.258. The molecule has 2 N–H and O–H groups in total. The van der Waals surface area contributed by atoms with E-state index in [0.717, 1.165) is 22.8 Å². The second kappa shape index (κ2) is 5.50. The van der Waals surface area contributed by atoms with Crippen LogP contribution in [-0.4, -0.2) is 13.2 Å². The molecule has 1 unspecified atom stereocenters. The summed E-state index contributed by atoms with van der Waals surface area (Å²) in [6.45, 7) is 2.31. The third kappa shape index (κ3) is 2.81. The Kier molecular flexibility index (Phi) is 4.18. The Morgan fingerprint density at radius 1 is 1.39 bits per heavy atom. The highest BCUT2D eigenvalue weighted by Crippen LogP contribution is 2.41. The van der Waals surface area contributed by atoms with E-state index in [4.69, 9.17) is 22.1 Å². The number of hydrogen-bond donors (Lipinski definition) is 1. The van der Waals surface area contributed by atoms with E-state index in [1.165, 1.54) is 25.7 Å². The molecule has 2 nitrogen and oxygen atoms in total. The van der Waals surface area contributed by atoms with Crippen LogP contribution in [0.2, 0.25) is 5.02 Å². The van der Waals surface area contributed by atoms with E-state index < -0.39 is 0 Å². The van der Waals surface area contributed by atoms with Crippen molar-refractivity contribution in [3.63, 3.8) is 0 Å². The van der Waals surface area contributed by atoms with Gasteiger partial charge in [0.15, 0.2) is 0 Å². The lowest BCUT2D eigenvalue weighted by Gasteiger charge is -2.31. The van der Waals surface area contributed by atoms with Crippen molar-refractivity contribution < 1.29 is 4.74 Å². The zero-order valence-electron chi connectivity index (χ0n) is 11.2. The molecule has 0 heterocycles. The molecule has 100 valence electrons. The van der Waals surface area contributed by atoms with Crippen LogP contribution in [0.15, 0.2) is 18.2 Å². The predicted molar refractivity (Wildman–Crippen MR) is 76.3 cm³/mol. The minimum atomic E-state index is 0.173. The topological polar surface area (TPSA) is 35.2 Å². The van der Waals surface area contributed by atoms with Crippen molar-refractivity contribution in [1.82, 2.24) is 0 Å². The van der Waals surface area contributed by atoms with Gasteiger partial charge in [-0.1, -0.05) is 31.4 Å². The first-order valence-electron chi connectivity index (χ1n) is 6.63. The summed E-state index contributed by atoms with van der Waals surface area (Å²) in [4.78, 5) is 0. The van der Waals surface area contributed by atoms with Crippen molar-refractivity contribution in [3.05, 3.63) is 28.8 Å². The molecule has 0 saturated heterocycles. The van der Waals surface area contributed by atoms with Gasteiger partial charge in [-0.15, -0.1) is 0 Å². The second-order valence-electron chi connectivity index (χ2n) is 5.63. The van der Waals surface area contributed by atoms with Crippen molar-refractivity contribution in [2.75, 3.05) is 7.11 Å². The van der Waals surface area contributed by atoms with Crippen LogP contribution in [0.5, 0.6) is 5.75 Å². The van der Waals surface area contributed by atoms with Gasteiger partial charge in [0, 0.05) is 11.1 Å². The molecule has 1 atom stereocenters. The molecule has 18 heavy (non-hydrogen) atoms. The predicted octanol–water partition coefficient (Wildman–Crippen LogP) is 3.80. The number of halogens is 1. The van der Waals surface area contributed by atoms with Gasteiger partial charge in [0.2, 0.25) is 0 Å². The summed E-state index contributed by atoms with van der Waals surface area (Å²) in [6.07, 6.45) is 5.90. The number of rotatable bonds is 4. The number of hydrogen-bond acceptors (Lipinski definition) is 2. The maximum absolute atomic E-state index is 6.42. The minimum absolute atomic E-state index is 0.173. The third-order valence-corrected chi connectivity index (χ3v) is 4.56. The van der Waals surface area contributed by atoms with E-state index in [-0.39, 0.29) is 11.5 Å². The van der Waals surface area contributed by atoms with Crippen LogP contribution in [0, 0.1) is 5.41 Å². The van der Waals surface area contributed by atoms with Crippen molar-refractivity contribution in [2.45, 2.75) is 45.1 Å². The molecule has 1 aliphatic carbocycles. The first-order valence-corrected chi connectivity index (χ1v) is 7.01. The maximum atomic E-state index is 6.42. The summed E-state index contributed by atoms with van der Waals surface area (Å²) >= 11 is 6.06. The molecule has 0 aliphatic heterocycles.